The summed E-state index contributed by atoms with van der Waals surface area (Å²) in [7, 11) is 0. The second-order valence-corrected chi connectivity index (χ2v) is 10.7. The molecule has 0 unspecified atom stereocenters. The van der Waals surface area contributed by atoms with Gasteiger partial charge in [0.1, 0.15) is 18.1 Å². The molecule has 0 aromatic heterocycles. The van der Waals surface area contributed by atoms with Gasteiger partial charge in [0.25, 0.3) is 0 Å². The number of Topliss-reactive ketones (excluding diaryl/α,β-unsaturated/α-hetero) is 1. The van der Waals surface area contributed by atoms with Gasteiger partial charge in [-0.3, -0.25) is 4.79 Å². The van der Waals surface area contributed by atoms with E-state index in [1.165, 1.54) is 48.8 Å². The topological polar surface area (TPSA) is 26.3 Å². The molecule has 1 fully saturated rings. The molecular weight excluding hydrogens is 416 g/mol. The molecule has 1 aliphatic rings. The molecule has 0 N–H and O–H groups in total. The largest absolute Gasteiger partial charge is 0.489 e. The molecule has 184 valence electrons. The minimum Gasteiger partial charge on any atom is -0.489 e. The van der Waals surface area contributed by atoms with Crippen molar-refractivity contribution in [1.82, 2.24) is 0 Å². The van der Waals surface area contributed by atoms with Gasteiger partial charge in [-0.1, -0.05) is 101 Å². The van der Waals surface area contributed by atoms with Gasteiger partial charge in [-0.2, -0.15) is 0 Å². The lowest BCUT2D eigenvalue weighted by atomic mass is 9.72. The van der Waals surface area contributed by atoms with Crippen LogP contribution in [0.25, 0.3) is 0 Å². The van der Waals surface area contributed by atoms with Crippen LogP contribution in [0.2, 0.25) is 0 Å². The second-order valence-electron chi connectivity index (χ2n) is 10.7. The van der Waals surface area contributed by atoms with Crippen molar-refractivity contribution in [2.75, 3.05) is 0 Å². The Hall–Kier alpha value is -2.35. The van der Waals surface area contributed by atoms with Gasteiger partial charge in [-0.05, 0) is 66.2 Å². The fraction of sp³-hybridized carbons (Fsp3) is 0.531. The fourth-order valence-corrected chi connectivity index (χ4v) is 5.28. The Bertz CT molecular complexity index is 925. The maximum atomic E-state index is 12.5. The Balaban J connectivity index is 1.91. The van der Waals surface area contributed by atoms with Crippen molar-refractivity contribution < 1.29 is 9.53 Å². The lowest BCUT2D eigenvalue weighted by molar-refractivity contribution is -0.121. The van der Waals surface area contributed by atoms with Gasteiger partial charge in [0, 0.05) is 12.8 Å². The molecule has 2 nitrogen and oxygen atoms in total. The first-order valence-corrected chi connectivity index (χ1v) is 13.4. The summed E-state index contributed by atoms with van der Waals surface area (Å²) in [4.78, 5) is 12.5. The molecule has 2 heteroatoms. The van der Waals surface area contributed by atoms with E-state index < -0.39 is 0 Å². The first-order valence-electron chi connectivity index (χ1n) is 13.4. The summed E-state index contributed by atoms with van der Waals surface area (Å²) in [5.74, 6) is 2.06. The average molecular weight is 461 g/mol. The molecular formula is C32H44O2. The van der Waals surface area contributed by atoms with Crippen molar-refractivity contribution in [2.24, 2.45) is 5.92 Å². The molecule has 3 rings (SSSR count). The quantitative estimate of drug-likeness (QED) is 0.233. The maximum Gasteiger partial charge on any atom is 0.133 e. The summed E-state index contributed by atoms with van der Waals surface area (Å²) in [6.45, 7) is 9.60. The van der Waals surface area contributed by atoms with E-state index in [9.17, 15) is 4.79 Å². The highest BCUT2D eigenvalue weighted by Gasteiger charge is 2.32. The standard InChI is InChI=1S/C32H44O2/c1-5-7-9-13-21-32(3,4)27-18-20-29(30-23-28(33)19-17-26(30)16-8-6-2)31(22-27)34-24-25-14-11-10-12-15-25/h6,8,10-12,14-15,18,20,22,26,30H,5,7,9,13,16-17,19,21,23-24H2,1-4H3/t26-,30-/m0/s1. The number of ketones is 1. The Morgan fingerprint density at radius 1 is 1.06 bits per heavy atom. The van der Waals surface area contributed by atoms with Crippen LogP contribution in [-0.2, 0) is 16.8 Å². The predicted molar refractivity (Wildman–Crippen MR) is 144 cm³/mol. The van der Waals surface area contributed by atoms with Crippen molar-refractivity contribution >= 4 is 5.78 Å². The molecule has 0 spiro atoms. The van der Waals surface area contributed by atoms with Crippen LogP contribution in [0, 0.1) is 5.92 Å². The number of rotatable bonds is 12. The number of allylic oxidation sites excluding steroid dienone is 2. The predicted octanol–water partition coefficient (Wildman–Crippen LogP) is 8.93. The number of carbonyl (C=O) groups is 1. The first kappa shape index (κ1) is 26.3. The monoisotopic (exact) mass is 460 g/mol. The SMILES string of the molecule is CC=CC[C@H]1CCC(=O)C[C@@H]1c1ccc(C(C)(C)CCCCCC)cc1OCc1ccccc1. The fourth-order valence-electron chi connectivity index (χ4n) is 5.28. The lowest BCUT2D eigenvalue weighted by Crippen LogP contribution is -2.24. The number of carbonyl (C=O) groups excluding carboxylic acids is 1. The van der Waals surface area contributed by atoms with E-state index in [0.717, 1.165) is 18.6 Å². The van der Waals surface area contributed by atoms with Gasteiger partial charge in [-0.25, -0.2) is 0 Å². The van der Waals surface area contributed by atoms with Gasteiger partial charge in [0.05, 0.1) is 0 Å². The third-order valence-electron chi connectivity index (χ3n) is 7.57. The van der Waals surface area contributed by atoms with E-state index in [2.05, 4.69) is 82.3 Å². The smallest absolute Gasteiger partial charge is 0.133 e. The van der Waals surface area contributed by atoms with E-state index in [-0.39, 0.29) is 11.3 Å². The summed E-state index contributed by atoms with van der Waals surface area (Å²) in [6, 6.07) is 17.2. The summed E-state index contributed by atoms with van der Waals surface area (Å²) < 4.78 is 6.51. The van der Waals surface area contributed by atoms with Crippen LogP contribution >= 0.6 is 0 Å². The number of ether oxygens (including phenoxy) is 1. The van der Waals surface area contributed by atoms with Crippen molar-refractivity contribution in [3.8, 4) is 5.75 Å². The molecule has 2 aromatic rings. The molecule has 0 amide bonds. The number of benzene rings is 2. The average Bonchev–Trinajstić information content (AvgIpc) is 2.85. The minimum absolute atomic E-state index is 0.101. The van der Waals surface area contributed by atoms with Crippen molar-refractivity contribution in [1.29, 1.82) is 0 Å². The van der Waals surface area contributed by atoms with E-state index in [4.69, 9.17) is 4.74 Å². The molecule has 0 heterocycles. The molecule has 0 radical (unpaired) electrons. The molecule has 0 bridgehead atoms. The molecule has 34 heavy (non-hydrogen) atoms. The Kier molecular flexibility index (Phi) is 9.99. The zero-order chi connectivity index (χ0) is 24.4. The van der Waals surface area contributed by atoms with Crippen LogP contribution in [0.1, 0.15) is 108 Å². The van der Waals surface area contributed by atoms with Crippen molar-refractivity contribution in [2.45, 2.75) is 103 Å². The summed E-state index contributed by atoms with van der Waals surface area (Å²) in [5, 5.41) is 0. The number of hydrogen-bond donors (Lipinski definition) is 0. The summed E-state index contributed by atoms with van der Waals surface area (Å²) >= 11 is 0. The van der Waals surface area contributed by atoms with Crippen molar-refractivity contribution in [3.05, 3.63) is 77.4 Å². The highest BCUT2D eigenvalue weighted by molar-refractivity contribution is 5.80. The highest BCUT2D eigenvalue weighted by Crippen LogP contribution is 2.44. The molecule has 2 aromatic carbocycles. The molecule has 0 aliphatic heterocycles. The zero-order valence-corrected chi connectivity index (χ0v) is 21.8. The normalized spacial score (nSPS) is 19.0. The van der Waals surface area contributed by atoms with Crippen molar-refractivity contribution in [3.63, 3.8) is 0 Å². The van der Waals surface area contributed by atoms with Crippen LogP contribution in [0.5, 0.6) is 5.75 Å². The van der Waals surface area contributed by atoms with E-state index in [1.54, 1.807) is 0 Å². The summed E-state index contributed by atoms with van der Waals surface area (Å²) in [6.07, 6.45) is 14.0. The lowest BCUT2D eigenvalue weighted by Gasteiger charge is -2.33. The van der Waals surface area contributed by atoms with Crippen LogP contribution in [-0.4, -0.2) is 5.78 Å². The molecule has 2 atom stereocenters. The molecule has 1 saturated carbocycles. The third-order valence-corrected chi connectivity index (χ3v) is 7.57. The molecule has 0 saturated heterocycles. The van der Waals surface area contributed by atoms with Gasteiger partial charge in [0.2, 0.25) is 0 Å². The minimum atomic E-state index is 0.101. The zero-order valence-electron chi connectivity index (χ0n) is 21.8. The molecule has 1 aliphatic carbocycles. The Morgan fingerprint density at radius 2 is 1.85 bits per heavy atom. The highest BCUT2D eigenvalue weighted by atomic mass is 16.5. The Morgan fingerprint density at radius 3 is 2.59 bits per heavy atom. The second kappa shape index (κ2) is 12.9. The first-order chi connectivity index (χ1) is 16.4. The van der Waals surface area contributed by atoms with Gasteiger partial charge >= 0.3 is 0 Å². The van der Waals surface area contributed by atoms with E-state index >= 15 is 0 Å². The third kappa shape index (κ3) is 7.32. The summed E-state index contributed by atoms with van der Waals surface area (Å²) in [5.41, 5.74) is 3.82. The van der Waals surface area contributed by atoms with Gasteiger partial charge in [-0.15, -0.1) is 0 Å². The van der Waals surface area contributed by atoms with Crippen LogP contribution in [0.15, 0.2) is 60.7 Å². The maximum absolute atomic E-state index is 12.5. The van der Waals surface area contributed by atoms with Crippen LogP contribution < -0.4 is 4.74 Å². The van der Waals surface area contributed by atoms with Crippen LogP contribution in [0.3, 0.4) is 0 Å². The Labute approximate surface area is 207 Å². The van der Waals surface area contributed by atoms with Gasteiger partial charge < -0.3 is 4.74 Å². The number of unbranched alkanes of at least 4 members (excludes halogenated alkanes) is 3. The van der Waals surface area contributed by atoms with E-state index in [0.29, 0.717) is 31.1 Å². The van der Waals surface area contributed by atoms with Gasteiger partial charge in [0.15, 0.2) is 0 Å². The van der Waals surface area contributed by atoms with Crippen LogP contribution in [0.4, 0.5) is 0 Å². The number of hydrogen-bond acceptors (Lipinski definition) is 2. The van der Waals surface area contributed by atoms with E-state index in [1.807, 2.05) is 6.07 Å².